The van der Waals surface area contributed by atoms with E-state index in [2.05, 4.69) is 10.6 Å². The number of primary amides is 1. The molecule has 0 aromatic carbocycles. The molecule has 0 rings (SSSR count). The molecule has 0 heterocycles. The van der Waals surface area contributed by atoms with Gasteiger partial charge in [-0.15, -0.1) is 0 Å². The van der Waals surface area contributed by atoms with Crippen LogP contribution in [0.4, 0.5) is 0 Å². The highest BCUT2D eigenvalue weighted by atomic mass is 16.5. The molecule has 0 aromatic rings. The van der Waals surface area contributed by atoms with Gasteiger partial charge in [-0.05, 0) is 19.3 Å². The molecule has 304 valence electrons. The summed E-state index contributed by atoms with van der Waals surface area (Å²) in [5.74, 6) is -2.28. The van der Waals surface area contributed by atoms with Crippen molar-refractivity contribution < 1.29 is 57.9 Å². The van der Waals surface area contributed by atoms with Crippen LogP contribution in [0.15, 0.2) is 0 Å². The van der Waals surface area contributed by atoms with E-state index in [0.717, 1.165) is 32.0 Å². The number of carboxylic acids is 2. The molecule has 3 amide bonds. The van der Waals surface area contributed by atoms with Crippen LogP contribution >= 0.6 is 0 Å². The molecule has 6 N–H and O–H groups in total. The number of aldehydes is 1. The summed E-state index contributed by atoms with van der Waals surface area (Å²) in [6, 6.07) is 0. The largest absolute Gasteiger partial charge is 0.481 e. The lowest BCUT2D eigenvalue weighted by molar-refractivity contribution is -0.143. The van der Waals surface area contributed by atoms with Crippen molar-refractivity contribution in [3.05, 3.63) is 0 Å². The number of nitrogens with two attached hydrogens (primary N) is 1. The van der Waals surface area contributed by atoms with Crippen molar-refractivity contribution >= 4 is 35.9 Å². The van der Waals surface area contributed by atoms with Crippen molar-refractivity contribution in [2.45, 2.75) is 135 Å². The van der Waals surface area contributed by atoms with Crippen LogP contribution in [0, 0.1) is 0 Å². The van der Waals surface area contributed by atoms with Gasteiger partial charge >= 0.3 is 11.9 Å². The van der Waals surface area contributed by atoms with Crippen LogP contribution in [0.1, 0.15) is 135 Å². The first-order chi connectivity index (χ1) is 25.2. The minimum Gasteiger partial charge on any atom is -0.481 e. The van der Waals surface area contributed by atoms with Crippen LogP contribution in [0.5, 0.6) is 0 Å². The molecule has 0 atom stereocenters. The van der Waals surface area contributed by atoms with Crippen LogP contribution in [-0.4, -0.2) is 112 Å². The number of ether oxygens (including phenoxy) is 4. The number of hydrogen-bond acceptors (Lipinski definition) is 10. The first-order valence-corrected chi connectivity index (χ1v) is 19.2. The molecule has 52 heavy (non-hydrogen) atoms. The van der Waals surface area contributed by atoms with Gasteiger partial charge in [-0.25, -0.2) is 4.79 Å². The van der Waals surface area contributed by atoms with E-state index >= 15 is 0 Å². The molecule has 0 aromatic heterocycles. The summed E-state index contributed by atoms with van der Waals surface area (Å²) in [5, 5.41) is 22.2. The Kier molecular flexibility index (Phi) is 41.4. The predicted octanol–water partition coefficient (Wildman–Crippen LogP) is 4.32. The molecule has 0 fully saturated rings. The molecular formula is C37H69N3O12. The van der Waals surface area contributed by atoms with E-state index in [1.807, 2.05) is 0 Å². The standard InChI is InChI=1S/C20H39NO3.C17H30N2O9/c21-19(22)17-15-13-11-9-7-5-3-1-2-4-6-8-10-12-14-16-18-20(23)24;20-6-2-1-3-15(21)18-4-7-25-9-11-27-13-16(22)19-5-8-26-10-12-28-14-17(23)24/h1-18H2,(H2,21,22)(H,23,24);6H,1-5,7-14H2,(H,18,21)(H,19,22)(H,23,24). The van der Waals surface area contributed by atoms with Crippen molar-refractivity contribution in [2.24, 2.45) is 5.73 Å². The van der Waals surface area contributed by atoms with Crippen molar-refractivity contribution in [2.75, 3.05) is 65.9 Å². The second-order valence-electron chi connectivity index (χ2n) is 12.5. The lowest BCUT2D eigenvalue weighted by atomic mass is 10.0. The van der Waals surface area contributed by atoms with Crippen molar-refractivity contribution in [3.8, 4) is 0 Å². The van der Waals surface area contributed by atoms with Crippen molar-refractivity contribution in [1.82, 2.24) is 10.6 Å². The second kappa shape index (κ2) is 42.3. The first kappa shape index (κ1) is 51.0. The number of carbonyl (C=O) groups is 6. The molecule has 15 heteroatoms. The smallest absolute Gasteiger partial charge is 0.329 e. The summed E-state index contributed by atoms with van der Waals surface area (Å²) in [6.07, 6.45) is 22.6. The number of carboxylic acid groups (broad SMARTS) is 2. The monoisotopic (exact) mass is 747 g/mol. The fraction of sp³-hybridized carbons (Fsp3) is 0.838. The van der Waals surface area contributed by atoms with Gasteiger partial charge in [0.05, 0.1) is 39.6 Å². The molecule has 0 saturated heterocycles. The van der Waals surface area contributed by atoms with E-state index in [-0.39, 0.29) is 57.4 Å². The Morgan fingerprint density at radius 2 is 0.865 bits per heavy atom. The Hall–Kier alpha value is -3.14. The average molecular weight is 748 g/mol. The van der Waals surface area contributed by atoms with Gasteiger partial charge in [0.2, 0.25) is 17.7 Å². The Bertz CT molecular complexity index is 862. The molecule has 0 aliphatic rings. The van der Waals surface area contributed by atoms with E-state index < -0.39 is 11.9 Å². The third-order valence-electron chi connectivity index (χ3n) is 7.63. The van der Waals surface area contributed by atoms with Gasteiger partial charge in [0, 0.05) is 38.8 Å². The van der Waals surface area contributed by atoms with Gasteiger partial charge in [0.25, 0.3) is 0 Å². The Labute approximate surface area is 310 Å². The number of rotatable bonds is 39. The summed E-state index contributed by atoms with van der Waals surface area (Å²) in [6.45, 7) is 1.81. The number of aliphatic carboxylic acids is 2. The number of nitrogens with one attached hydrogen (secondary N) is 2. The maximum absolute atomic E-state index is 11.5. The van der Waals surface area contributed by atoms with Crippen LogP contribution in [0.3, 0.4) is 0 Å². The average Bonchev–Trinajstić information content (AvgIpc) is 3.10. The number of unbranched alkanes of at least 4 members (excludes halogenated alkanes) is 16. The first-order valence-electron chi connectivity index (χ1n) is 19.2. The molecule has 0 radical (unpaired) electrons. The Morgan fingerprint density at radius 1 is 0.462 bits per heavy atom. The molecule has 0 unspecified atom stereocenters. The van der Waals surface area contributed by atoms with Crippen LogP contribution in [-0.2, 0) is 47.7 Å². The maximum Gasteiger partial charge on any atom is 0.329 e. The van der Waals surface area contributed by atoms with Gasteiger partial charge < -0.3 is 50.3 Å². The quantitative estimate of drug-likeness (QED) is 0.0438. The minimum atomic E-state index is -1.04. The molecule has 0 spiro atoms. The third-order valence-corrected chi connectivity index (χ3v) is 7.63. The number of amides is 3. The zero-order chi connectivity index (χ0) is 38.8. The van der Waals surface area contributed by atoms with E-state index in [4.69, 9.17) is 34.9 Å². The number of carbonyl (C=O) groups excluding carboxylic acids is 4. The molecule has 15 nitrogen and oxygen atoms in total. The van der Waals surface area contributed by atoms with Gasteiger partial charge in [-0.1, -0.05) is 89.9 Å². The van der Waals surface area contributed by atoms with Crippen LogP contribution < -0.4 is 16.4 Å². The lowest BCUT2D eigenvalue weighted by Crippen LogP contribution is -2.31. The summed E-state index contributed by atoms with van der Waals surface area (Å²) in [5.41, 5.74) is 5.11. The minimum absolute atomic E-state index is 0.0987. The van der Waals surface area contributed by atoms with E-state index in [1.165, 1.54) is 77.0 Å². The highest BCUT2D eigenvalue weighted by molar-refractivity contribution is 5.77. The summed E-state index contributed by atoms with van der Waals surface area (Å²) >= 11 is 0. The summed E-state index contributed by atoms with van der Waals surface area (Å²) in [4.78, 5) is 64.1. The zero-order valence-corrected chi connectivity index (χ0v) is 31.6. The zero-order valence-electron chi connectivity index (χ0n) is 31.6. The Balaban J connectivity index is 0. The van der Waals surface area contributed by atoms with Gasteiger partial charge in [0.15, 0.2) is 0 Å². The summed E-state index contributed by atoms with van der Waals surface area (Å²) < 4.78 is 20.3. The maximum atomic E-state index is 11.5. The van der Waals surface area contributed by atoms with Gasteiger partial charge in [-0.3, -0.25) is 19.2 Å². The highest BCUT2D eigenvalue weighted by Crippen LogP contribution is 2.14. The van der Waals surface area contributed by atoms with Gasteiger partial charge in [0.1, 0.15) is 19.5 Å². The topological polar surface area (TPSA) is 230 Å². The van der Waals surface area contributed by atoms with Crippen LogP contribution in [0.25, 0.3) is 0 Å². The molecule has 0 aliphatic heterocycles. The Morgan fingerprint density at radius 3 is 1.29 bits per heavy atom. The van der Waals surface area contributed by atoms with Crippen molar-refractivity contribution in [3.63, 3.8) is 0 Å². The third kappa shape index (κ3) is 49.0. The molecule has 0 bridgehead atoms. The second-order valence-corrected chi connectivity index (χ2v) is 12.5. The van der Waals surface area contributed by atoms with Gasteiger partial charge in [-0.2, -0.15) is 0 Å². The fourth-order valence-electron chi connectivity index (χ4n) is 4.83. The number of hydrogen-bond donors (Lipinski definition) is 5. The van der Waals surface area contributed by atoms with E-state index in [0.29, 0.717) is 58.4 Å². The van der Waals surface area contributed by atoms with Crippen molar-refractivity contribution in [1.29, 1.82) is 0 Å². The lowest BCUT2D eigenvalue weighted by Gasteiger charge is -2.08. The molecule has 0 saturated carbocycles. The van der Waals surface area contributed by atoms with Crippen LogP contribution in [0.2, 0.25) is 0 Å². The summed E-state index contributed by atoms with van der Waals surface area (Å²) in [7, 11) is 0. The SMILES string of the molecule is NC(=O)CCCCCCCCCCCCCCCCCCC(=O)O.O=CCCCC(=O)NCCOCCOCC(=O)NCCOCCOCC(=O)O. The fourth-order valence-corrected chi connectivity index (χ4v) is 4.83. The van der Waals surface area contributed by atoms with E-state index in [9.17, 15) is 28.8 Å². The predicted molar refractivity (Wildman–Crippen MR) is 197 cm³/mol. The molecule has 0 aliphatic carbocycles. The molecular weight excluding hydrogens is 678 g/mol. The highest BCUT2D eigenvalue weighted by Gasteiger charge is 2.03. The van der Waals surface area contributed by atoms with E-state index in [1.54, 1.807) is 0 Å². The normalized spacial score (nSPS) is 10.6.